The highest BCUT2D eigenvalue weighted by molar-refractivity contribution is 5.83. The minimum atomic E-state index is -1.01. The van der Waals surface area contributed by atoms with Gasteiger partial charge in [-0.25, -0.2) is 15.0 Å². The first-order valence-corrected chi connectivity index (χ1v) is 11.4. The predicted octanol–water partition coefficient (Wildman–Crippen LogP) is 1.09. The number of aromatic nitrogens is 4. The normalized spacial score (nSPS) is 25.7. The quantitative estimate of drug-likeness (QED) is 0.303. The van der Waals surface area contributed by atoms with Gasteiger partial charge in [-0.15, -0.1) is 0 Å². The fraction of sp³-hybridized carbons (Fsp3) is 0.500. The summed E-state index contributed by atoms with van der Waals surface area (Å²) in [5, 5.41) is 44.5. The van der Waals surface area contributed by atoms with E-state index in [1.165, 1.54) is 18.5 Å². The van der Waals surface area contributed by atoms with Crippen molar-refractivity contribution in [2.45, 2.75) is 43.6 Å². The Balaban J connectivity index is 1.27. The van der Waals surface area contributed by atoms with Crippen LogP contribution in [0.4, 0.5) is 17.2 Å². The largest absolute Gasteiger partial charge is 0.396 e. The van der Waals surface area contributed by atoms with Crippen molar-refractivity contribution in [1.82, 2.24) is 19.5 Å². The Morgan fingerprint density at radius 2 is 1.82 bits per heavy atom. The first-order chi connectivity index (χ1) is 16.5. The predicted molar refractivity (Wildman–Crippen MR) is 124 cm³/mol. The Hall–Kier alpha value is -3.35. The van der Waals surface area contributed by atoms with Crippen LogP contribution in [-0.2, 0) is 0 Å². The maximum atomic E-state index is 10.9. The maximum Gasteiger partial charge on any atom is 0.269 e. The number of non-ortho nitro benzene ring substituents is 1. The molecule has 0 spiro atoms. The van der Waals surface area contributed by atoms with E-state index in [2.05, 4.69) is 25.2 Å². The van der Waals surface area contributed by atoms with E-state index in [9.17, 15) is 25.4 Å². The fourth-order valence-corrected chi connectivity index (χ4v) is 5.02. The minimum absolute atomic E-state index is 0.0824. The molecule has 3 aromatic rings. The Bertz CT molecular complexity index is 1160. The summed E-state index contributed by atoms with van der Waals surface area (Å²) in [5.74, 6) is 0.224. The zero-order valence-corrected chi connectivity index (χ0v) is 18.4. The van der Waals surface area contributed by atoms with Crippen LogP contribution in [0.3, 0.4) is 0 Å². The highest BCUT2D eigenvalue weighted by atomic mass is 16.6. The first kappa shape index (κ1) is 22.4. The van der Waals surface area contributed by atoms with Crippen LogP contribution in [0.5, 0.6) is 0 Å². The van der Waals surface area contributed by atoms with Crippen molar-refractivity contribution >= 4 is 28.4 Å². The van der Waals surface area contributed by atoms with E-state index in [4.69, 9.17) is 0 Å². The van der Waals surface area contributed by atoms with Gasteiger partial charge in [0.2, 0.25) is 0 Å². The highest BCUT2D eigenvalue weighted by Crippen LogP contribution is 2.37. The number of hydrogen-bond acceptors (Lipinski definition) is 10. The van der Waals surface area contributed by atoms with E-state index in [0.717, 1.165) is 31.6 Å². The summed E-state index contributed by atoms with van der Waals surface area (Å²) in [4.78, 5) is 25.9. The number of fused-ring (bicyclic) bond motifs is 1. The number of aliphatic hydroxyl groups is 3. The van der Waals surface area contributed by atoms with Crippen molar-refractivity contribution in [3.8, 4) is 0 Å². The number of piperidine rings is 1. The van der Waals surface area contributed by atoms with E-state index in [0.29, 0.717) is 23.4 Å². The molecular weight excluding hydrogens is 442 g/mol. The summed E-state index contributed by atoms with van der Waals surface area (Å²) < 4.78 is 1.75. The fourth-order valence-electron chi connectivity index (χ4n) is 5.02. The van der Waals surface area contributed by atoms with E-state index >= 15 is 0 Å². The molecule has 2 aliphatic rings. The van der Waals surface area contributed by atoms with Crippen molar-refractivity contribution < 1.29 is 20.2 Å². The molecule has 1 aliphatic carbocycles. The Morgan fingerprint density at radius 3 is 2.47 bits per heavy atom. The molecule has 0 amide bonds. The van der Waals surface area contributed by atoms with Crippen LogP contribution in [-0.4, -0.2) is 77.7 Å². The molecule has 1 aromatic carbocycles. The monoisotopic (exact) mass is 469 g/mol. The number of rotatable bonds is 6. The van der Waals surface area contributed by atoms with Crippen LogP contribution in [0.25, 0.3) is 11.2 Å². The lowest BCUT2D eigenvalue weighted by molar-refractivity contribution is -0.384. The average molecular weight is 470 g/mol. The number of anilines is 2. The van der Waals surface area contributed by atoms with Gasteiger partial charge < -0.3 is 30.1 Å². The summed E-state index contributed by atoms with van der Waals surface area (Å²) in [6, 6.07) is 6.36. The molecule has 0 radical (unpaired) electrons. The van der Waals surface area contributed by atoms with E-state index < -0.39 is 29.1 Å². The number of nitro benzene ring substituents is 1. The van der Waals surface area contributed by atoms with Crippen molar-refractivity contribution in [2.24, 2.45) is 5.92 Å². The van der Waals surface area contributed by atoms with Crippen molar-refractivity contribution in [2.75, 3.05) is 29.9 Å². The van der Waals surface area contributed by atoms with Gasteiger partial charge >= 0.3 is 0 Å². The highest BCUT2D eigenvalue weighted by Gasteiger charge is 2.42. The van der Waals surface area contributed by atoms with Crippen LogP contribution in [0.1, 0.15) is 25.3 Å². The van der Waals surface area contributed by atoms with Crippen LogP contribution >= 0.6 is 0 Å². The number of nitrogens with one attached hydrogen (secondary N) is 1. The molecule has 12 nitrogen and oxygen atoms in total. The minimum Gasteiger partial charge on any atom is -0.396 e. The van der Waals surface area contributed by atoms with Gasteiger partial charge in [0.05, 0.1) is 23.4 Å². The average Bonchev–Trinajstić information content (AvgIpc) is 3.41. The van der Waals surface area contributed by atoms with Crippen LogP contribution in [0.2, 0.25) is 0 Å². The van der Waals surface area contributed by atoms with E-state index in [-0.39, 0.29) is 18.3 Å². The molecule has 12 heteroatoms. The smallest absolute Gasteiger partial charge is 0.269 e. The molecule has 34 heavy (non-hydrogen) atoms. The summed E-state index contributed by atoms with van der Waals surface area (Å²) in [7, 11) is 0. The summed E-state index contributed by atoms with van der Waals surface area (Å²) >= 11 is 0. The summed E-state index contributed by atoms with van der Waals surface area (Å²) in [5.41, 5.74) is 2.20. The lowest BCUT2D eigenvalue weighted by Gasteiger charge is -2.34. The second-order valence-electron chi connectivity index (χ2n) is 8.95. The van der Waals surface area contributed by atoms with Crippen molar-refractivity contribution in [3.05, 3.63) is 47.0 Å². The molecule has 0 bridgehead atoms. The molecule has 1 aliphatic heterocycles. The Morgan fingerprint density at radius 1 is 1.09 bits per heavy atom. The second kappa shape index (κ2) is 9.12. The lowest BCUT2D eigenvalue weighted by atomic mass is 10.0. The third-order valence-corrected chi connectivity index (χ3v) is 6.98. The number of aliphatic hydroxyl groups excluding tert-OH is 3. The van der Waals surface area contributed by atoms with Crippen molar-refractivity contribution in [3.63, 3.8) is 0 Å². The number of hydrogen-bond donors (Lipinski definition) is 4. The standard InChI is InChI=1S/C22H27N7O5/c30-10-13-9-17(20(32)19(13)31)28-12-25-18-21(23-11-24-22(18)28)26-14-5-7-27(8-6-14)15-1-3-16(4-2-15)29(33)34/h1-4,11-14,17,19-20,30-32H,5-10H2,(H,23,24,26)/t13-,17-,19-,20+/m1/s1. The van der Waals surface area contributed by atoms with Crippen LogP contribution in [0.15, 0.2) is 36.9 Å². The molecule has 1 saturated carbocycles. The molecule has 5 rings (SSSR count). The van der Waals surface area contributed by atoms with Gasteiger partial charge in [0, 0.05) is 49.5 Å². The number of imidazole rings is 1. The molecule has 4 atom stereocenters. The first-order valence-electron chi connectivity index (χ1n) is 11.4. The molecule has 180 valence electrons. The van der Waals surface area contributed by atoms with Crippen LogP contribution < -0.4 is 10.2 Å². The van der Waals surface area contributed by atoms with E-state index in [1.54, 1.807) is 23.0 Å². The number of nitro groups is 1. The van der Waals surface area contributed by atoms with Gasteiger partial charge in [0.15, 0.2) is 11.5 Å². The van der Waals surface area contributed by atoms with Gasteiger partial charge in [0.1, 0.15) is 17.9 Å². The van der Waals surface area contributed by atoms with Crippen LogP contribution in [0, 0.1) is 16.0 Å². The van der Waals surface area contributed by atoms with Gasteiger partial charge in [0.25, 0.3) is 5.69 Å². The molecule has 3 heterocycles. The topological polar surface area (TPSA) is 163 Å². The zero-order valence-electron chi connectivity index (χ0n) is 18.4. The molecular formula is C22H27N7O5. The third kappa shape index (κ3) is 4.04. The number of benzene rings is 1. The molecule has 2 aromatic heterocycles. The molecule has 2 fully saturated rings. The van der Waals surface area contributed by atoms with Gasteiger partial charge in [-0.1, -0.05) is 0 Å². The summed E-state index contributed by atoms with van der Waals surface area (Å²) in [6.07, 6.45) is 3.19. The second-order valence-corrected chi connectivity index (χ2v) is 8.95. The zero-order chi connectivity index (χ0) is 23.8. The maximum absolute atomic E-state index is 10.9. The Kier molecular flexibility index (Phi) is 6.02. The van der Waals surface area contributed by atoms with E-state index in [1.807, 2.05) is 0 Å². The molecule has 1 saturated heterocycles. The SMILES string of the molecule is O=[N+]([O-])c1ccc(N2CCC(Nc3ncnc4c3ncn4[C@@H]3C[C@H](CO)[C@@H](O)[C@H]3O)CC2)cc1. The molecule has 4 N–H and O–H groups in total. The third-order valence-electron chi connectivity index (χ3n) is 6.98. The Labute approximate surface area is 195 Å². The molecule has 0 unspecified atom stereocenters. The lowest BCUT2D eigenvalue weighted by Crippen LogP contribution is -2.39. The van der Waals surface area contributed by atoms with Crippen molar-refractivity contribution in [1.29, 1.82) is 0 Å². The van der Waals surface area contributed by atoms with Gasteiger partial charge in [-0.3, -0.25) is 10.1 Å². The van der Waals surface area contributed by atoms with Gasteiger partial charge in [-0.2, -0.15) is 0 Å². The summed E-state index contributed by atoms with van der Waals surface area (Å²) in [6.45, 7) is 1.40. The number of nitrogens with zero attached hydrogens (tertiary/aromatic N) is 6. The van der Waals surface area contributed by atoms with Gasteiger partial charge in [-0.05, 0) is 31.4 Å².